The minimum atomic E-state index is -5.57. The fraction of sp³-hybridized carbons (Fsp3) is 0.286. The first-order chi connectivity index (χ1) is 7.24. The van der Waals surface area contributed by atoms with Gasteiger partial charge < -0.3 is 4.74 Å². The topological polar surface area (TPSA) is 80.7 Å². The summed E-state index contributed by atoms with van der Waals surface area (Å²) >= 11 is 0.958. The highest BCUT2D eigenvalue weighted by Crippen LogP contribution is 2.21. The van der Waals surface area contributed by atoms with Crippen molar-refractivity contribution in [1.29, 1.82) is 0 Å². The third kappa shape index (κ3) is 2.97. The lowest BCUT2D eigenvalue weighted by molar-refractivity contribution is -0.00918. The Balaban J connectivity index is 2.63. The summed E-state index contributed by atoms with van der Waals surface area (Å²) in [6.07, 6.45) is 0. The highest BCUT2D eigenvalue weighted by molar-refractivity contribution is 7.86. The van der Waals surface area contributed by atoms with Crippen LogP contribution in [0.4, 0.5) is 8.78 Å². The molecule has 1 N–H and O–H groups in total. The molecule has 0 aliphatic rings. The Morgan fingerprint density at radius 3 is 2.62 bits per heavy atom. The first-order valence-corrected chi connectivity index (χ1v) is 6.11. The molecule has 0 aliphatic carbocycles. The van der Waals surface area contributed by atoms with E-state index in [0.29, 0.717) is 0 Å². The number of alkyl halides is 2. The molecule has 90 valence electrons. The normalized spacial score (nSPS) is 12.4. The van der Waals surface area contributed by atoms with Crippen molar-refractivity contribution >= 4 is 27.4 Å². The van der Waals surface area contributed by atoms with E-state index in [1.165, 1.54) is 17.5 Å². The van der Waals surface area contributed by atoms with E-state index in [-0.39, 0.29) is 4.88 Å². The first kappa shape index (κ1) is 13.0. The zero-order valence-electron chi connectivity index (χ0n) is 7.59. The fourth-order valence-corrected chi connectivity index (χ4v) is 1.51. The van der Waals surface area contributed by atoms with E-state index < -0.39 is 27.9 Å². The molecule has 0 aliphatic heterocycles. The molecular formula is C7H6F2O5S2. The zero-order valence-corrected chi connectivity index (χ0v) is 9.22. The standard InChI is InChI=1S/C7H6F2O5S2/c8-7(9,16(11,12)13)4-14-6(10)5-2-1-3-15-5/h1-3H,4H2,(H,11,12,13). The van der Waals surface area contributed by atoms with E-state index in [1.807, 2.05) is 0 Å². The van der Waals surface area contributed by atoms with Crippen LogP contribution < -0.4 is 0 Å². The summed E-state index contributed by atoms with van der Waals surface area (Å²) in [4.78, 5) is 11.1. The van der Waals surface area contributed by atoms with Crippen molar-refractivity contribution < 1.29 is 31.3 Å². The molecule has 0 atom stereocenters. The predicted octanol–water partition coefficient (Wildman–Crippen LogP) is 1.39. The number of esters is 1. The monoisotopic (exact) mass is 272 g/mol. The highest BCUT2D eigenvalue weighted by atomic mass is 32.2. The SMILES string of the molecule is O=C(OCC(F)(F)S(=O)(=O)O)c1cccs1. The molecule has 0 unspecified atom stereocenters. The molecule has 0 saturated carbocycles. The Hall–Kier alpha value is -1.06. The summed E-state index contributed by atoms with van der Waals surface area (Å²) in [5.41, 5.74) is 0. The van der Waals surface area contributed by atoms with Gasteiger partial charge >= 0.3 is 21.3 Å². The highest BCUT2D eigenvalue weighted by Gasteiger charge is 2.45. The lowest BCUT2D eigenvalue weighted by atomic mass is 10.5. The second-order valence-electron chi connectivity index (χ2n) is 2.67. The van der Waals surface area contributed by atoms with Gasteiger partial charge in [0.1, 0.15) is 4.88 Å². The van der Waals surface area contributed by atoms with Crippen LogP contribution in [0, 0.1) is 0 Å². The molecule has 0 fully saturated rings. The van der Waals surface area contributed by atoms with E-state index in [1.54, 1.807) is 0 Å². The quantitative estimate of drug-likeness (QED) is 0.661. The Morgan fingerprint density at radius 2 is 2.19 bits per heavy atom. The van der Waals surface area contributed by atoms with Gasteiger partial charge in [-0.1, -0.05) is 6.07 Å². The summed E-state index contributed by atoms with van der Waals surface area (Å²) in [7, 11) is -5.57. The molecule has 0 spiro atoms. The van der Waals surface area contributed by atoms with Gasteiger partial charge in [0, 0.05) is 0 Å². The molecule has 0 saturated heterocycles. The Kier molecular flexibility index (Phi) is 3.61. The van der Waals surface area contributed by atoms with Crippen molar-refractivity contribution in [1.82, 2.24) is 0 Å². The van der Waals surface area contributed by atoms with Crippen LogP contribution in [-0.2, 0) is 14.9 Å². The first-order valence-electron chi connectivity index (χ1n) is 3.79. The number of halogens is 2. The molecule has 1 heterocycles. The lowest BCUT2D eigenvalue weighted by Crippen LogP contribution is -2.34. The van der Waals surface area contributed by atoms with Gasteiger partial charge in [-0.25, -0.2) is 4.79 Å². The molecule has 0 amide bonds. The smallest absolute Gasteiger partial charge is 0.402 e. The third-order valence-electron chi connectivity index (χ3n) is 1.47. The van der Waals surface area contributed by atoms with E-state index in [4.69, 9.17) is 4.55 Å². The van der Waals surface area contributed by atoms with Crippen LogP contribution in [0.5, 0.6) is 0 Å². The number of carbonyl (C=O) groups excluding carboxylic acids is 1. The molecule has 1 aromatic rings. The van der Waals surface area contributed by atoms with Crippen LogP contribution >= 0.6 is 11.3 Å². The number of thiophene rings is 1. The molecule has 1 rings (SSSR count). The van der Waals surface area contributed by atoms with Crippen LogP contribution in [-0.4, -0.2) is 30.8 Å². The molecule has 0 radical (unpaired) electrons. The molecule has 1 aromatic heterocycles. The lowest BCUT2D eigenvalue weighted by Gasteiger charge is -2.12. The van der Waals surface area contributed by atoms with E-state index in [0.717, 1.165) is 11.3 Å². The number of hydrogen-bond donors (Lipinski definition) is 1. The average molecular weight is 272 g/mol. The average Bonchev–Trinajstić information content (AvgIpc) is 2.65. The number of rotatable bonds is 4. The van der Waals surface area contributed by atoms with Gasteiger partial charge in [-0.05, 0) is 11.4 Å². The van der Waals surface area contributed by atoms with Gasteiger partial charge in [0.2, 0.25) is 0 Å². The second kappa shape index (κ2) is 4.44. The molecule has 5 nitrogen and oxygen atoms in total. The maximum absolute atomic E-state index is 12.6. The Morgan fingerprint density at radius 1 is 1.56 bits per heavy atom. The van der Waals surface area contributed by atoms with E-state index in [9.17, 15) is 22.0 Å². The van der Waals surface area contributed by atoms with Gasteiger partial charge in [0.05, 0.1) is 0 Å². The van der Waals surface area contributed by atoms with Crippen molar-refractivity contribution in [2.24, 2.45) is 0 Å². The summed E-state index contributed by atoms with van der Waals surface area (Å²) < 4.78 is 57.8. The minimum Gasteiger partial charge on any atom is -0.454 e. The van der Waals surface area contributed by atoms with Crippen molar-refractivity contribution in [3.8, 4) is 0 Å². The van der Waals surface area contributed by atoms with Crippen LogP contribution in [0.25, 0.3) is 0 Å². The van der Waals surface area contributed by atoms with Crippen LogP contribution in [0.3, 0.4) is 0 Å². The Labute approximate surface area is 93.4 Å². The van der Waals surface area contributed by atoms with Gasteiger partial charge in [-0.3, -0.25) is 4.55 Å². The van der Waals surface area contributed by atoms with E-state index in [2.05, 4.69) is 4.74 Å². The van der Waals surface area contributed by atoms with Crippen molar-refractivity contribution in [3.63, 3.8) is 0 Å². The number of hydrogen-bond acceptors (Lipinski definition) is 5. The minimum absolute atomic E-state index is 0.0612. The summed E-state index contributed by atoms with van der Waals surface area (Å²) in [5, 5.41) is -2.97. The molecule has 0 aromatic carbocycles. The van der Waals surface area contributed by atoms with Crippen LogP contribution in [0.15, 0.2) is 17.5 Å². The van der Waals surface area contributed by atoms with Gasteiger partial charge in [-0.2, -0.15) is 17.2 Å². The maximum Gasteiger partial charge on any atom is 0.402 e. The zero-order chi connectivity index (χ0) is 12.4. The van der Waals surface area contributed by atoms with Crippen molar-refractivity contribution in [2.45, 2.75) is 5.25 Å². The third-order valence-corrected chi connectivity index (χ3v) is 3.19. The second-order valence-corrected chi connectivity index (χ2v) is 5.16. The van der Waals surface area contributed by atoms with Gasteiger partial charge in [0.25, 0.3) is 0 Å². The Bertz CT molecular complexity index is 465. The molecule has 16 heavy (non-hydrogen) atoms. The summed E-state index contributed by atoms with van der Waals surface area (Å²) in [6.45, 7) is -1.72. The van der Waals surface area contributed by atoms with E-state index >= 15 is 0 Å². The number of carbonyl (C=O) groups is 1. The van der Waals surface area contributed by atoms with Crippen molar-refractivity contribution in [2.75, 3.05) is 6.61 Å². The van der Waals surface area contributed by atoms with Crippen LogP contribution in [0.1, 0.15) is 9.67 Å². The molecule has 9 heteroatoms. The van der Waals surface area contributed by atoms with Crippen LogP contribution in [0.2, 0.25) is 0 Å². The molecule has 0 bridgehead atoms. The number of ether oxygens (including phenoxy) is 1. The van der Waals surface area contributed by atoms with Gasteiger partial charge in [0.15, 0.2) is 6.61 Å². The fourth-order valence-electron chi connectivity index (χ4n) is 0.690. The maximum atomic E-state index is 12.6. The molecular weight excluding hydrogens is 266 g/mol. The summed E-state index contributed by atoms with van der Waals surface area (Å²) in [5.74, 6) is -1.07. The summed E-state index contributed by atoms with van der Waals surface area (Å²) in [6, 6.07) is 2.83. The van der Waals surface area contributed by atoms with Crippen molar-refractivity contribution in [3.05, 3.63) is 22.4 Å². The van der Waals surface area contributed by atoms with Gasteiger partial charge in [-0.15, -0.1) is 11.3 Å². The predicted molar refractivity (Wildman–Crippen MR) is 51.1 cm³/mol. The largest absolute Gasteiger partial charge is 0.454 e.